The predicted octanol–water partition coefficient (Wildman–Crippen LogP) is 1.81. The van der Waals surface area contributed by atoms with Gasteiger partial charge in [0, 0.05) is 32.7 Å². The van der Waals surface area contributed by atoms with Gasteiger partial charge in [0.05, 0.1) is 18.7 Å². The number of Topliss-reactive ketones (excluding diaryl/α,β-unsaturated/α-hetero) is 1. The number of carbonyl (C=O) groups excluding carboxylic acids is 3. The van der Waals surface area contributed by atoms with E-state index in [2.05, 4.69) is 22.5 Å². The third-order valence-electron chi connectivity index (χ3n) is 7.27. The molecule has 14 nitrogen and oxygen atoms in total. The van der Waals surface area contributed by atoms with Crippen LogP contribution in [0.2, 0.25) is 0 Å². The highest BCUT2D eigenvalue weighted by Gasteiger charge is 2.29. The first-order chi connectivity index (χ1) is 21.8. The molecule has 1 aliphatic rings. The van der Waals surface area contributed by atoms with Gasteiger partial charge in [0.25, 0.3) is 11.5 Å². The molecule has 2 amide bonds. The Hall–Kier alpha value is -5.06. The fourth-order valence-corrected chi connectivity index (χ4v) is 5.24. The Morgan fingerprint density at radius 3 is 2.57 bits per heavy atom. The number of ketones is 1. The Morgan fingerprint density at radius 2 is 1.87 bits per heavy atom. The minimum atomic E-state index is -0.715. The molecule has 1 saturated heterocycles. The van der Waals surface area contributed by atoms with Gasteiger partial charge >= 0.3 is 11.8 Å². The second kappa shape index (κ2) is 14.4. The molecule has 4 rings (SSSR count). The van der Waals surface area contributed by atoms with Gasteiger partial charge in [-0.25, -0.2) is 9.59 Å². The van der Waals surface area contributed by atoms with Gasteiger partial charge in [-0.3, -0.25) is 28.1 Å². The summed E-state index contributed by atoms with van der Waals surface area (Å²) in [6.07, 6.45) is 0.950. The summed E-state index contributed by atoms with van der Waals surface area (Å²) in [6.45, 7) is 9.53. The van der Waals surface area contributed by atoms with Crippen LogP contribution in [0.5, 0.6) is 5.75 Å². The third-order valence-corrected chi connectivity index (χ3v) is 7.27. The molecular weight excluding hydrogens is 594 g/mol. The first-order valence-corrected chi connectivity index (χ1v) is 15.2. The number of benzene rings is 1. The lowest BCUT2D eigenvalue weighted by molar-refractivity contribution is -0.123. The Morgan fingerprint density at radius 1 is 1.13 bits per heavy atom. The number of ether oxygens (including phenoxy) is 2. The number of fused-ring (bicyclic) bond motifs is 1. The second-order valence-corrected chi connectivity index (χ2v) is 11.9. The maximum Gasteiger partial charge on any atom is 0.407 e. The summed E-state index contributed by atoms with van der Waals surface area (Å²) in [5.41, 5.74) is -1.65. The average molecular weight is 636 g/mol. The second-order valence-electron chi connectivity index (χ2n) is 11.9. The molecule has 0 bridgehead atoms. The molecule has 0 saturated carbocycles. The number of anilines is 1. The van der Waals surface area contributed by atoms with Crippen LogP contribution >= 0.6 is 0 Å². The molecule has 1 aromatic carbocycles. The van der Waals surface area contributed by atoms with Crippen molar-refractivity contribution in [3.8, 4) is 17.6 Å². The zero-order valence-electron chi connectivity index (χ0n) is 27.1. The summed E-state index contributed by atoms with van der Waals surface area (Å²) in [7, 11) is 1.49. The van der Waals surface area contributed by atoms with Gasteiger partial charge < -0.3 is 25.0 Å². The first kappa shape index (κ1) is 33.8. The summed E-state index contributed by atoms with van der Waals surface area (Å²) < 4.78 is 14.8. The van der Waals surface area contributed by atoms with E-state index in [1.807, 2.05) is 4.90 Å². The van der Waals surface area contributed by atoms with E-state index in [0.717, 1.165) is 17.4 Å². The highest BCUT2D eigenvalue weighted by molar-refractivity contribution is 5.98. The van der Waals surface area contributed by atoms with Crippen molar-refractivity contribution in [1.29, 1.82) is 0 Å². The highest BCUT2D eigenvalue weighted by atomic mass is 16.6. The lowest BCUT2D eigenvalue weighted by Gasteiger charge is -2.34. The molecule has 2 N–H and O–H groups in total. The Labute approximate surface area is 266 Å². The van der Waals surface area contributed by atoms with Crippen LogP contribution in [-0.4, -0.2) is 74.4 Å². The molecule has 3 aromatic rings. The first-order valence-electron chi connectivity index (χ1n) is 15.2. The number of nitrogens with zero attached hydrogens (tertiary/aromatic N) is 5. The van der Waals surface area contributed by atoms with Crippen LogP contribution in [0.1, 0.15) is 57.8 Å². The molecular formula is C32H41N7O7. The number of amides is 2. The minimum Gasteiger partial charge on any atom is -0.483 e. The van der Waals surface area contributed by atoms with Crippen molar-refractivity contribution >= 4 is 34.9 Å². The molecule has 0 spiro atoms. The third kappa shape index (κ3) is 7.77. The van der Waals surface area contributed by atoms with Crippen molar-refractivity contribution in [3.63, 3.8) is 0 Å². The van der Waals surface area contributed by atoms with Crippen LogP contribution in [0.25, 0.3) is 11.2 Å². The monoisotopic (exact) mass is 635 g/mol. The Bertz CT molecular complexity index is 1800. The maximum atomic E-state index is 14.0. The van der Waals surface area contributed by atoms with Crippen LogP contribution in [0.3, 0.4) is 0 Å². The molecule has 1 atom stereocenters. The zero-order valence-corrected chi connectivity index (χ0v) is 27.1. The summed E-state index contributed by atoms with van der Waals surface area (Å²) in [4.78, 5) is 72.0. The van der Waals surface area contributed by atoms with Gasteiger partial charge in [-0.15, -0.1) is 5.92 Å². The molecule has 14 heteroatoms. The average Bonchev–Trinajstić information content (AvgIpc) is 3.39. The number of carbonyl (C=O) groups is 3. The molecule has 1 aliphatic heterocycles. The molecule has 246 valence electrons. The van der Waals surface area contributed by atoms with Crippen molar-refractivity contribution in [3.05, 3.63) is 50.7 Å². The Balaban J connectivity index is 1.70. The smallest absolute Gasteiger partial charge is 0.407 e. The number of hydrogen-bond acceptors (Lipinski definition) is 9. The summed E-state index contributed by atoms with van der Waals surface area (Å²) in [5, 5.41) is 5.54. The predicted molar refractivity (Wildman–Crippen MR) is 172 cm³/mol. The number of rotatable bonds is 10. The van der Waals surface area contributed by atoms with E-state index in [-0.39, 0.29) is 47.6 Å². The van der Waals surface area contributed by atoms with Gasteiger partial charge in [-0.05, 0) is 59.6 Å². The zero-order chi connectivity index (χ0) is 33.6. The number of hydrogen-bond donors (Lipinski definition) is 2. The normalized spacial score (nSPS) is 14.7. The van der Waals surface area contributed by atoms with Crippen LogP contribution in [-0.2, 0) is 29.7 Å². The lowest BCUT2D eigenvalue weighted by atomic mass is 10.1. The van der Waals surface area contributed by atoms with Gasteiger partial charge in [-0.2, -0.15) is 4.98 Å². The fourth-order valence-electron chi connectivity index (χ4n) is 5.24. The van der Waals surface area contributed by atoms with E-state index in [1.54, 1.807) is 57.4 Å². The van der Waals surface area contributed by atoms with E-state index >= 15 is 0 Å². The number of nitrogens with one attached hydrogen (secondary N) is 2. The van der Waals surface area contributed by atoms with Gasteiger partial charge in [-0.1, -0.05) is 18.1 Å². The number of alkyl carbamates (subject to hydrolysis) is 1. The van der Waals surface area contributed by atoms with Crippen molar-refractivity contribution in [2.24, 2.45) is 7.05 Å². The van der Waals surface area contributed by atoms with Crippen molar-refractivity contribution in [2.75, 3.05) is 31.1 Å². The highest BCUT2D eigenvalue weighted by Crippen LogP contribution is 2.24. The number of likely N-dealkylation sites (N-methyl/N-ethyl adjacent to an activating group) is 1. The number of aromatic nitrogens is 4. The number of aryl methyl sites for hydroxylation is 1. The molecule has 0 unspecified atom stereocenters. The largest absolute Gasteiger partial charge is 0.483 e. The van der Waals surface area contributed by atoms with Crippen molar-refractivity contribution in [2.45, 2.75) is 72.2 Å². The molecule has 0 radical (unpaired) electrons. The lowest BCUT2D eigenvalue weighted by Crippen LogP contribution is -2.49. The van der Waals surface area contributed by atoms with E-state index in [0.29, 0.717) is 25.6 Å². The topological polar surface area (TPSA) is 159 Å². The molecule has 2 aromatic heterocycles. The quantitative estimate of drug-likeness (QED) is 0.250. The number of imidazole rings is 1. The van der Waals surface area contributed by atoms with Gasteiger partial charge in [0.1, 0.15) is 11.4 Å². The number of para-hydroxylation sites is 1. The standard InChI is InChI=1S/C32H41N7O7/c1-7-9-17-38-26-27(35-29(38)37-16-12-13-21(18-37)34-30(43)46-32(3,4)5)36(6)31(44)39(28(26)42)19-23(40)22-14-10-11-15-24(22)45-20-25(41)33-8-2/h10-11,14-15,21H,8,12-13,16-20H2,1-6H3,(H,33,41)(H,34,43)/t21-/m0/s1. The van der Waals surface area contributed by atoms with E-state index in [4.69, 9.17) is 14.5 Å². The minimum absolute atomic E-state index is 0.112. The molecule has 3 heterocycles. The van der Waals surface area contributed by atoms with E-state index in [9.17, 15) is 24.0 Å². The molecule has 1 fully saturated rings. The van der Waals surface area contributed by atoms with Gasteiger partial charge in [0.2, 0.25) is 5.95 Å². The SMILES string of the molecule is CC#CCn1c(N2CCC[C@H](NC(=O)OC(C)(C)C)C2)nc2c1c(=O)n(CC(=O)c1ccccc1OCC(=O)NCC)c(=O)n2C. The van der Waals surface area contributed by atoms with E-state index in [1.165, 1.54) is 17.7 Å². The van der Waals surface area contributed by atoms with E-state index < -0.39 is 35.3 Å². The van der Waals surface area contributed by atoms with Crippen LogP contribution < -0.4 is 31.5 Å². The summed E-state index contributed by atoms with van der Waals surface area (Å²) in [5.74, 6) is 5.52. The van der Waals surface area contributed by atoms with Crippen molar-refractivity contribution < 1.29 is 23.9 Å². The maximum absolute atomic E-state index is 14.0. The number of piperidine rings is 1. The molecule has 46 heavy (non-hydrogen) atoms. The van der Waals surface area contributed by atoms with Crippen LogP contribution in [0.4, 0.5) is 10.7 Å². The van der Waals surface area contributed by atoms with Crippen LogP contribution in [0, 0.1) is 11.8 Å². The Kier molecular flexibility index (Phi) is 10.6. The molecule has 0 aliphatic carbocycles. The summed E-state index contributed by atoms with van der Waals surface area (Å²) >= 11 is 0. The van der Waals surface area contributed by atoms with Crippen LogP contribution in [0.15, 0.2) is 33.9 Å². The van der Waals surface area contributed by atoms with Crippen molar-refractivity contribution in [1.82, 2.24) is 29.3 Å². The summed E-state index contributed by atoms with van der Waals surface area (Å²) in [6, 6.07) is 6.11. The van der Waals surface area contributed by atoms with Gasteiger partial charge in [0.15, 0.2) is 23.6 Å². The fraction of sp³-hybridized carbons (Fsp3) is 0.500.